The number of benzene rings is 1. The molecule has 0 aliphatic heterocycles. The van der Waals surface area contributed by atoms with Crippen LogP contribution in [0.4, 0.5) is 0 Å². The fourth-order valence-electron chi connectivity index (χ4n) is 2.09. The summed E-state index contributed by atoms with van der Waals surface area (Å²) in [5, 5.41) is 4.78. The largest absolute Gasteiger partial charge is 0.393 e. The number of hydrogen-bond acceptors (Lipinski definition) is 3. The Bertz CT molecular complexity index is 637. The average Bonchev–Trinajstić information content (AvgIpc) is 2.45. The second-order valence-electron chi connectivity index (χ2n) is 4.63. The highest BCUT2D eigenvalue weighted by molar-refractivity contribution is 7.80. The van der Waals surface area contributed by atoms with E-state index in [2.05, 4.69) is 10.3 Å². The number of nitrogens with zero attached hydrogens (tertiary/aromatic N) is 1. The van der Waals surface area contributed by atoms with Crippen molar-refractivity contribution in [3.8, 4) is 0 Å². The van der Waals surface area contributed by atoms with Gasteiger partial charge >= 0.3 is 0 Å². The molecule has 0 saturated carbocycles. The van der Waals surface area contributed by atoms with E-state index in [-0.39, 0.29) is 11.9 Å². The summed E-state index contributed by atoms with van der Waals surface area (Å²) in [5.41, 5.74) is 5.97. The Labute approximate surface area is 123 Å². The van der Waals surface area contributed by atoms with Gasteiger partial charge < -0.3 is 11.1 Å². The van der Waals surface area contributed by atoms with E-state index in [0.717, 1.165) is 17.2 Å². The van der Waals surface area contributed by atoms with Gasteiger partial charge in [0.2, 0.25) is 0 Å². The van der Waals surface area contributed by atoms with Gasteiger partial charge in [0.25, 0.3) is 5.91 Å². The number of amides is 1. The van der Waals surface area contributed by atoms with Crippen LogP contribution in [0, 0.1) is 0 Å². The van der Waals surface area contributed by atoms with Crippen molar-refractivity contribution in [1.82, 2.24) is 10.3 Å². The Morgan fingerprint density at radius 1 is 1.40 bits per heavy atom. The number of pyridine rings is 1. The Hall–Kier alpha value is -2.01. The molecule has 0 radical (unpaired) electrons. The van der Waals surface area contributed by atoms with E-state index in [1.54, 1.807) is 6.20 Å². The van der Waals surface area contributed by atoms with Crippen molar-refractivity contribution in [2.24, 2.45) is 5.73 Å². The maximum atomic E-state index is 12.4. The van der Waals surface area contributed by atoms with E-state index in [1.165, 1.54) is 0 Å². The predicted molar refractivity (Wildman–Crippen MR) is 84.7 cm³/mol. The molecule has 20 heavy (non-hydrogen) atoms. The van der Waals surface area contributed by atoms with Gasteiger partial charge in [0.05, 0.1) is 4.99 Å². The number of hydrogen-bond donors (Lipinski definition) is 2. The molecule has 2 rings (SSSR count). The molecular formula is C15H17N3OS. The van der Waals surface area contributed by atoms with Crippen LogP contribution in [-0.2, 0) is 0 Å². The van der Waals surface area contributed by atoms with Crippen molar-refractivity contribution in [2.45, 2.75) is 25.8 Å². The van der Waals surface area contributed by atoms with Crippen LogP contribution in [0.2, 0.25) is 0 Å². The van der Waals surface area contributed by atoms with E-state index in [9.17, 15) is 4.79 Å². The zero-order chi connectivity index (χ0) is 14.5. The quantitative estimate of drug-likeness (QED) is 0.829. The van der Waals surface area contributed by atoms with Gasteiger partial charge in [-0.1, -0.05) is 43.4 Å². The van der Waals surface area contributed by atoms with E-state index < -0.39 is 0 Å². The zero-order valence-electron chi connectivity index (χ0n) is 11.3. The number of carbonyl (C=O) groups is 1. The smallest absolute Gasteiger partial charge is 0.270 e. The van der Waals surface area contributed by atoms with Gasteiger partial charge in [0.1, 0.15) is 5.69 Å². The summed E-state index contributed by atoms with van der Waals surface area (Å²) < 4.78 is 0. The van der Waals surface area contributed by atoms with Gasteiger partial charge in [0.15, 0.2) is 0 Å². The molecule has 0 spiro atoms. The normalized spacial score (nSPS) is 12.1. The summed E-state index contributed by atoms with van der Waals surface area (Å²) in [4.78, 5) is 17.0. The molecule has 1 amide bonds. The molecule has 4 nitrogen and oxygen atoms in total. The first-order chi connectivity index (χ1) is 9.61. The number of aromatic nitrogens is 1. The van der Waals surface area contributed by atoms with E-state index in [4.69, 9.17) is 18.0 Å². The minimum absolute atomic E-state index is 0.0548. The summed E-state index contributed by atoms with van der Waals surface area (Å²) in [5.74, 6) is -0.190. The van der Waals surface area contributed by atoms with Crippen LogP contribution in [0.15, 0.2) is 36.5 Å². The minimum atomic E-state index is -0.190. The highest BCUT2D eigenvalue weighted by Gasteiger charge is 2.16. The second kappa shape index (κ2) is 6.43. The fraction of sp³-hybridized carbons (Fsp3) is 0.267. The van der Waals surface area contributed by atoms with Crippen molar-refractivity contribution in [2.75, 3.05) is 0 Å². The van der Waals surface area contributed by atoms with Crippen LogP contribution in [-0.4, -0.2) is 21.9 Å². The second-order valence-corrected chi connectivity index (χ2v) is 5.15. The third-order valence-electron chi connectivity index (χ3n) is 3.16. The molecule has 1 unspecified atom stereocenters. The molecule has 0 aliphatic carbocycles. The van der Waals surface area contributed by atoms with Gasteiger partial charge in [0, 0.05) is 24.0 Å². The molecule has 104 valence electrons. The summed E-state index contributed by atoms with van der Waals surface area (Å²) in [7, 11) is 0. The van der Waals surface area contributed by atoms with Gasteiger partial charge in [-0.05, 0) is 17.9 Å². The lowest BCUT2D eigenvalue weighted by Gasteiger charge is -2.16. The lowest BCUT2D eigenvalue weighted by molar-refractivity contribution is 0.0934. The third-order valence-corrected chi connectivity index (χ3v) is 3.33. The number of rotatable bonds is 5. The van der Waals surface area contributed by atoms with E-state index >= 15 is 0 Å². The molecule has 0 saturated heterocycles. The predicted octanol–water partition coefficient (Wildman–Crippen LogP) is 2.42. The zero-order valence-corrected chi connectivity index (χ0v) is 12.1. The number of nitrogens with one attached hydrogen (secondary N) is 1. The SMILES string of the molecule is CCC(CC(N)=S)NC(=O)c1nccc2ccccc12. The van der Waals surface area contributed by atoms with Gasteiger partial charge in [-0.15, -0.1) is 0 Å². The first kappa shape index (κ1) is 14.4. The maximum absolute atomic E-state index is 12.4. The number of fused-ring (bicyclic) bond motifs is 1. The number of thiocarbonyl (C=S) groups is 1. The summed E-state index contributed by atoms with van der Waals surface area (Å²) in [6.07, 6.45) is 2.92. The number of nitrogens with two attached hydrogens (primary N) is 1. The van der Waals surface area contributed by atoms with Crippen molar-refractivity contribution in [3.05, 3.63) is 42.2 Å². The summed E-state index contributed by atoms with van der Waals surface area (Å²) in [6, 6.07) is 9.52. The number of carbonyl (C=O) groups excluding carboxylic acids is 1. The highest BCUT2D eigenvalue weighted by Crippen LogP contribution is 2.16. The Morgan fingerprint density at radius 2 is 2.15 bits per heavy atom. The molecule has 1 aromatic heterocycles. The Kier molecular flexibility index (Phi) is 4.63. The van der Waals surface area contributed by atoms with Gasteiger partial charge in [-0.25, -0.2) is 0 Å². The van der Waals surface area contributed by atoms with Crippen molar-refractivity contribution < 1.29 is 4.79 Å². The molecule has 3 N–H and O–H groups in total. The van der Waals surface area contributed by atoms with Crippen molar-refractivity contribution >= 4 is 33.9 Å². The first-order valence-corrected chi connectivity index (χ1v) is 6.95. The monoisotopic (exact) mass is 287 g/mol. The van der Waals surface area contributed by atoms with Gasteiger partial charge in [-0.2, -0.15) is 0 Å². The average molecular weight is 287 g/mol. The summed E-state index contributed by atoms with van der Waals surface area (Å²) >= 11 is 4.90. The Morgan fingerprint density at radius 3 is 2.85 bits per heavy atom. The van der Waals surface area contributed by atoms with E-state index in [0.29, 0.717) is 17.1 Å². The first-order valence-electron chi connectivity index (χ1n) is 6.54. The van der Waals surface area contributed by atoms with Crippen LogP contribution < -0.4 is 11.1 Å². The molecule has 1 heterocycles. The standard InChI is InChI=1S/C15H17N3OS/c1-2-11(9-13(16)20)18-15(19)14-12-6-4-3-5-10(12)7-8-17-14/h3-8,11H,2,9H2,1H3,(H2,16,20)(H,18,19). The molecule has 2 aromatic rings. The molecule has 1 aromatic carbocycles. The molecule has 1 atom stereocenters. The van der Waals surface area contributed by atoms with Crippen molar-refractivity contribution in [3.63, 3.8) is 0 Å². The highest BCUT2D eigenvalue weighted by atomic mass is 32.1. The molecular weight excluding hydrogens is 270 g/mol. The topological polar surface area (TPSA) is 68.0 Å². The van der Waals surface area contributed by atoms with Crippen LogP contribution in [0.25, 0.3) is 10.8 Å². The van der Waals surface area contributed by atoms with Gasteiger partial charge in [-0.3, -0.25) is 9.78 Å². The lowest BCUT2D eigenvalue weighted by Crippen LogP contribution is -2.37. The molecule has 0 bridgehead atoms. The third kappa shape index (κ3) is 3.30. The van der Waals surface area contributed by atoms with Crippen molar-refractivity contribution in [1.29, 1.82) is 0 Å². The summed E-state index contributed by atoms with van der Waals surface area (Å²) in [6.45, 7) is 1.99. The molecule has 0 aliphatic rings. The van der Waals surface area contributed by atoms with E-state index in [1.807, 2.05) is 37.3 Å². The minimum Gasteiger partial charge on any atom is -0.393 e. The maximum Gasteiger partial charge on any atom is 0.270 e. The Balaban J connectivity index is 2.25. The van der Waals surface area contributed by atoms with Crippen LogP contribution in [0.3, 0.4) is 0 Å². The lowest BCUT2D eigenvalue weighted by atomic mass is 10.1. The van der Waals surface area contributed by atoms with Crippen LogP contribution in [0.1, 0.15) is 30.3 Å². The van der Waals surface area contributed by atoms with Crippen LogP contribution >= 0.6 is 12.2 Å². The molecule has 0 fully saturated rings. The van der Waals surface area contributed by atoms with Crippen LogP contribution in [0.5, 0.6) is 0 Å². The molecule has 5 heteroatoms. The fourth-order valence-corrected chi connectivity index (χ4v) is 2.30.